The molecule has 1 atom stereocenters. The van der Waals surface area contributed by atoms with E-state index in [1.165, 1.54) is 67.0 Å². The number of sulfonamides is 1. The van der Waals surface area contributed by atoms with Crippen LogP contribution in [0.15, 0.2) is 78.0 Å². The number of benzene rings is 3. The maximum absolute atomic E-state index is 13.3. The van der Waals surface area contributed by atoms with Crippen molar-refractivity contribution >= 4 is 55.9 Å². The SMILES string of the molecule is O=C(N[C@@H](Cc1cccc([N+](=O)[O-])c1)C(=O)O)c1ccc(Cl)cc1NS(=O)(=O)c1cccc2nccnc12. The summed E-state index contributed by atoms with van der Waals surface area (Å²) < 4.78 is 28.8. The van der Waals surface area contributed by atoms with Crippen LogP contribution in [0.1, 0.15) is 15.9 Å². The van der Waals surface area contributed by atoms with Gasteiger partial charge in [-0.25, -0.2) is 13.2 Å². The van der Waals surface area contributed by atoms with Crippen LogP contribution in [0.3, 0.4) is 0 Å². The van der Waals surface area contributed by atoms with Crippen molar-refractivity contribution in [2.24, 2.45) is 0 Å². The zero-order valence-corrected chi connectivity index (χ0v) is 20.8. The van der Waals surface area contributed by atoms with E-state index in [9.17, 15) is 33.2 Å². The second kappa shape index (κ2) is 10.8. The minimum Gasteiger partial charge on any atom is -0.480 e. The normalized spacial score (nSPS) is 12.0. The van der Waals surface area contributed by atoms with Crippen LogP contribution < -0.4 is 10.0 Å². The molecule has 4 aromatic rings. The van der Waals surface area contributed by atoms with Gasteiger partial charge in [0.1, 0.15) is 16.5 Å². The molecule has 0 bridgehead atoms. The fraction of sp³-hybridized carbons (Fsp3) is 0.0833. The summed E-state index contributed by atoms with van der Waals surface area (Å²) in [6, 6.07) is 12.1. The molecule has 0 aliphatic rings. The van der Waals surface area contributed by atoms with Crippen molar-refractivity contribution in [3.05, 3.63) is 99.3 Å². The number of nitrogens with zero attached hydrogens (tertiary/aromatic N) is 3. The summed E-state index contributed by atoms with van der Waals surface area (Å²) in [5.41, 5.74) is 0.125. The highest BCUT2D eigenvalue weighted by atomic mass is 35.5. The lowest BCUT2D eigenvalue weighted by atomic mass is 10.0. The molecule has 0 radical (unpaired) electrons. The highest BCUT2D eigenvalue weighted by Gasteiger charge is 2.26. The summed E-state index contributed by atoms with van der Waals surface area (Å²) >= 11 is 6.06. The van der Waals surface area contributed by atoms with Gasteiger partial charge in [0.2, 0.25) is 0 Å². The van der Waals surface area contributed by atoms with E-state index in [1.54, 1.807) is 6.07 Å². The van der Waals surface area contributed by atoms with Crippen LogP contribution in [0.25, 0.3) is 11.0 Å². The topological polar surface area (TPSA) is 181 Å². The third-order valence-electron chi connectivity index (χ3n) is 5.39. The fourth-order valence-corrected chi connectivity index (χ4v) is 5.06. The number of anilines is 1. The number of aromatic nitrogens is 2. The lowest BCUT2D eigenvalue weighted by Gasteiger charge is -2.17. The summed E-state index contributed by atoms with van der Waals surface area (Å²) in [4.78, 5) is 43.4. The molecule has 0 saturated heterocycles. The van der Waals surface area contributed by atoms with Gasteiger partial charge in [-0.2, -0.15) is 0 Å². The summed E-state index contributed by atoms with van der Waals surface area (Å²) in [5, 5.41) is 23.1. The first-order valence-corrected chi connectivity index (χ1v) is 12.7. The summed E-state index contributed by atoms with van der Waals surface area (Å²) in [6.45, 7) is 0. The highest BCUT2D eigenvalue weighted by molar-refractivity contribution is 7.93. The van der Waals surface area contributed by atoms with Gasteiger partial charge in [0.15, 0.2) is 0 Å². The fourth-order valence-electron chi connectivity index (χ4n) is 3.65. The molecule has 1 amide bonds. The lowest BCUT2D eigenvalue weighted by Crippen LogP contribution is -2.42. The maximum atomic E-state index is 13.3. The number of amides is 1. The van der Waals surface area contributed by atoms with Crippen LogP contribution in [0.5, 0.6) is 0 Å². The van der Waals surface area contributed by atoms with E-state index in [1.807, 2.05) is 0 Å². The molecule has 0 fully saturated rings. The average Bonchev–Trinajstić information content (AvgIpc) is 2.87. The molecule has 12 nitrogen and oxygen atoms in total. The number of hydrogen-bond acceptors (Lipinski definition) is 8. The Morgan fingerprint density at radius 1 is 1.05 bits per heavy atom. The number of para-hydroxylation sites is 1. The van der Waals surface area contributed by atoms with Crippen LogP contribution in [0, 0.1) is 10.1 Å². The quantitative estimate of drug-likeness (QED) is 0.206. The molecular formula is C24H18ClN5O7S. The van der Waals surface area contributed by atoms with Crippen LogP contribution in [0.4, 0.5) is 11.4 Å². The van der Waals surface area contributed by atoms with Gasteiger partial charge < -0.3 is 10.4 Å². The van der Waals surface area contributed by atoms with Gasteiger partial charge in [0.25, 0.3) is 21.6 Å². The minimum atomic E-state index is -4.29. The van der Waals surface area contributed by atoms with E-state index in [0.717, 1.165) is 0 Å². The number of halogens is 1. The molecule has 0 saturated carbocycles. The Morgan fingerprint density at radius 3 is 2.53 bits per heavy atom. The predicted octanol–water partition coefficient (Wildman–Crippen LogP) is 3.42. The number of aliphatic carboxylic acids is 1. The van der Waals surface area contributed by atoms with Gasteiger partial charge in [-0.1, -0.05) is 29.8 Å². The minimum absolute atomic E-state index is 0.110. The molecule has 14 heteroatoms. The number of carbonyl (C=O) groups excluding carboxylic acids is 1. The number of hydrogen-bond donors (Lipinski definition) is 3. The van der Waals surface area contributed by atoms with Crippen molar-refractivity contribution in [1.29, 1.82) is 0 Å². The van der Waals surface area contributed by atoms with Gasteiger partial charge in [-0.15, -0.1) is 0 Å². The monoisotopic (exact) mass is 555 g/mol. The molecule has 3 aromatic carbocycles. The zero-order chi connectivity index (χ0) is 27.4. The first-order valence-electron chi connectivity index (χ1n) is 10.8. The molecule has 0 spiro atoms. The predicted molar refractivity (Wildman–Crippen MR) is 137 cm³/mol. The summed E-state index contributed by atoms with van der Waals surface area (Å²) in [7, 11) is -4.29. The van der Waals surface area contributed by atoms with Crippen molar-refractivity contribution in [1.82, 2.24) is 15.3 Å². The molecule has 0 aliphatic carbocycles. The zero-order valence-electron chi connectivity index (χ0n) is 19.2. The van der Waals surface area contributed by atoms with Crippen molar-refractivity contribution in [2.75, 3.05) is 4.72 Å². The molecule has 0 unspecified atom stereocenters. The van der Waals surface area contributed by atoms with Crippen molar-refractivity contribution < 1.29 is 28.0 Å². The molecule has 4 rings (SSSR count). The van der Waals surface area contributed by atoms with Gasteiger partial charge in [-0.05, 0) is 35.9 Å². The number of carbonyl (C=O) groups is 2. The summed E-state index contributed by atoms with van der Waals surface area (Å²) in [5.74, 6) is -2.30. The van der Waals surface area contributed by atoms with Crippen LogP contribution in [-0.2, 0) is 21.2 Å². The van der Waals surface area contributed by atoms with Gasteiger partial charge in [0, 0.05) is 36.0 Å². The summed E-state index contributed by atoms with van der Waals surface area (Å²) in [6.07, 6.45) is 2.50. The van der Waals surface area contributed by atoms with Crippen molar-refractivity contribution in [3.63, 3.8) is 0 Å². The molecule has 194 valence electrons. The molecule has 38 heavy (non-hydrogen) atoms. The standard InChI is InChI=1S/C24H18ClN5O7S/c25-15-7-8-17(23(31)28-20(24(32)33)12-14-3-1-4-16(11-14)30(34)35)19(13-15)29-38(36,37)21-6-2-5-18-22(21)27-10-9-26-18/h1-11,13,20,29H,12H2,(H,28,31)(H,32,33)/t20-/m0/s1. The Bertz CT molecular complexity index is 1670. The number of carboxylic acid groups (broad SMARTS) is 1. The number of carboxylic acids is 1. The number of non-ortho nitro benzene ring substituents is 1. The Morgan fingerprint density at radius 2 is 1.79 bits per heavy atom. The van der Waals surface area contributed by atoms with E-state index in [-0.39, 0.29) is 38.8 Å². The van der Waals surface area contributed by atoms with Gasteiger partial charge in [0.05, 0.1) is 21.7 Å². The van der Waals surface area contributed by atoms with E-state index in [2.05, 4.69) is 20.0 Å². The Labute approximate surface area is 220 Å². The Kier molecular flexibility index (Phi) is 7.50. The molecule has 1 heterocycles. The number of nitro benzene ring substituents is 1. The Hall–Kier alpha value is -4.62. The Balaban J connectivity index is 1.63. The first-order chi connectivity index (χ1) is 18.0. The van der Waals surface area contributed by atoms with Gasteiger partial charge >= 0.3 is 5.97 Å². The largest absolute Gasteiger partial charge is 0.480 e. The maximum Gasteiger partial charge on any atom is 0.326 e. The highest BCUT2D eigenvalue weighted by Crippen LogP contribution is 2.27. The number of nitro groups is 1. The second-order valence-electron chi connectivity index (χ2n) is 7.97. The third-order valence-corrected chi connectivity index (χ3v) is 7.02. The van der Waals surface area contributed by atoms with E-state index in [0.29, 0.717) is 11.1 Å². The number of nitrogens with one attached hydrogen (secondary N) is 2. The van der Waals surface area contributed by atoms with E-state index < -0.39 is 32.9 Å². The van der Waals surface area contributed by atoms with Crippen LogP contribution in [0.2, 0.25) is 5.02 Å². The second-order valence-corrected chi connectivity index (χ2v) is 10.1. The van der Waals surface area contributed by atoms with E-state index in [4.69, 9.17) is 11.6 Å². The van der Waals surface area contributed by atoms with Gasteiger partial charge in [-0.3, -0.25) is 29.6 Å². The van der Waals surface area contributed by atoms with Crippen LogP contribution in [-0.4, -0.2) is 46.3 Å². The first kappa shape index (κ1) is 26.4. The smallest absolute Gasteiger partial charge is 0.326 e. The molecule has 3 N–H and O–H groups in total. The van der Waals surface area contributed by atoms with Crippen molar-refractivity contribution in [2.45, 2.75) is 17.4 Å². The van der Waals surface area contributed by atoms with Crippen LogP contribution >= 0.6 is 11.6 Å². The molecule has 0 aliphatic heterocycles. The molecular weight excluding hydrogens is 538 g/mol. The third kappa shape index (κ3) is 5.85. The average molecular weight is 556 g/mol. The van der Waals surface area contributed by atoms with E-state index >= 15 is 0 Å². The van der Waals surface area contributed by atoms with Crippen molar-refractivity contribution in [3.8, 4) is 0 Å². The lowest BCUT2D eigenvalue weighted by molar-refractivity contribution is -0.384. The number of fused-ring (bicyclic) bond motifs is 1. The molecule has 1 aromatic heterocycles. The number of rotatable bonds is 9.